The lowest BCUT2D eigenvalue weighted by atomic mass is 10.1. The number of methoxy groups -OCH3 is 1. The molecule has 0 spiro atoms. The van der Waals surface area contributed by atoms with Gasteiger partial charge in [-0.3, -0.25) is 0 Å². The number of oxazole rings is 1. The van der Waals surface area contributed by atoms with Crippen LogP contribution >= 0.6 is 0 Å². The van der Waals surface area contributed by atoms with Crippen LogP contribution in [0.4, 0.5) is 4.79 Å². The van der Waals surface area contributed by atoms with Crippen LogP contribution in [0.2, 0.25) is 0 Å². The molecule has 3 aromatic carbocycles. The zero-order chi connectivity index (χ0) is 26.2. The largest absolute Gasteiger partial charge is 0.497 e. The maximum absolute atomic E-state index is 12.6. The Bertz CT molecular complexity index is 1280. The summed E-state index contributed by atoms with van der Waals surface area (Å²) in [6.07, 6.45) is -0.403. The first-order chi connectivity index (χ1) is 18.0. The van der Waals surface area contributed by atoms with Crippen molar-refractivity contribution >= 4 is 6.09 Å². The van der Waals surface area contributed by atoms with Gasteiger partial charge in [-0.2, -0.15) is 0 Å². The molecule has 0 aliphatic rings. The predicted molar refractivity (Wildman–Crippen MR) is 142 cm³/mol. The van der Waals surface area contributed by atoms with E-state index in [2.05, 4.69) is 6.92 Å². The lowest BCUT2D eigenvalue weighted by Gasteiger charge is -2.20. The molecule has 192 valence electrons. The average Bonchev–Trinajstić information content (AvgIpc) is 3.33. The normalized spacial score (nSPS) is 11.6. The Morgan fingerprint density at radius 1 is 0.946 bits per heavy atom. The van der Waals surface area contributed by atoms with E-state index >= 15 is 0 Å². The highest BCUT2D eigenvalue weighted by molar-refractivity contribution is 5.70. The summed E-state index contributed by atoms with van der Waals surface area (Å²) in [4.78, 5) is 19.0. The van der Waals surface area contributed by atoms with Crippen LogP contribution < -0.4 is 14.2 Å². The Labute approximate surface area is 217 Å². The highest BCUT2D eigenvalue weighted by atomic mass is 16.6. The summed E-state index contributed by atoms with van der Waals surface area (Å²) in [6, 6.07) is 24.5. The Morgan fingerprint density at radius 2 is 1.59 bits per heavy atom. The molecule has 7 heteroatoms. The van der Waals surface area contributed by atoms with Gasteiger partial charge in [-0.15, -0.1) is 0 Å². The van der Waals surface area contributed by atoms with E-state index < -0.39 is 6.09 Å². The van der Waals surface area contributed by atoms with Gasteiger partial charge in [0.15, 0.2) is 0 Å². The monoisotopic (exact) mass is 500 g/mol. The second-order valence-corrected chi connectivity index (χ2v) is 8.74. The van der Waals surface area contributed by atoms with E-state index in [1.54, 1.807) is 36.3 Å². The van der Waals surface area contributed by atoms with Crippen molar-refractivity contribution in [3.05, 3.63) is 95.9 Å². The van der Waals surface area contributed by atoms with Crippen LogP contribution in [0.1, 0.15) is 36.8 Å². The number of benzene rings is 3. The third-order valence-corrected chi connectivity index (χ3v) is 6.02. The second kappa shape index (κ2) is 12.1. The first-order valence-electron chi connectivity index (χ1n) is 12.3. The average molecular weight is 501 g/mol. The van der Waals surface area contributed by atoms with Crippen molar-refractivity contribution in [3.8, 4) is 28.7 Å². The Balaban J connectivity index is 1.31. The third-order valence-electron chi connectivity index (χ3n) is 6.02. The number of aromatic nitrogens is 1. The number of amides is 1. The number of hydrogen-bond donors (Lipinski definition) is 0. The summed E-state index contributed by atoms with van der Waals surface area (Å²) in [5, 5.41) is 0. The summed E-state index contributed by atoms with van der Waals surface area (Å²) in [6.45, 7) is 7.34. The second-order valence-electron chi connectivity index (χ2n) is 8.74. The third kappa shape index (κ3) is 6.70. The molecular formula is C30H32N2O5. The highest BCUT2D eigenvalue weighted by Crippen LogP contribution is 2.27. The van der Waals surface area contributed by atoms with Gasteiger partial charge in [0.2, 0.25) is 5.89 Å². The van der Waals surface area contributed by atoms with Gasteiger partial charge in [0.1, 0.15) is 23.0 Å². The van der Waals surface area contributed by atoms with Gasteiger partial charge >= 0.3 is 6.09 Å². The zero-order valence-electron chi connectivity index (χ0n) is 21.6. The predicted octanol–water partition coefficient (Wildman–Crippen LogP) is 6.86. The number of nitrogens with zero attached hydrogens (tertiary/aromatic N) is 2. The van der Waals surface area contributed by atoms with Crippen LogP contribution in [-0.4, -0.2) is 36.2 Å². The van der Waals surface area contributed by atoms with Crippen LogP contribution in [0.3, 0.4) is 0 Å². The van der Waals surface area contributed by atoms with Crippen molar-refractivity contribution in [3.63, 3.8) is 0 Å². The van der Waals surface area contributed by atoms with Crippen LogP contribution in [0.25, 0.3) is 11.5 Å². The number of rotatable bonds is 10. The van der Waals surface area contributed by atoms with Gasteiger partial charge in [0.05, 0.1) is 19.4 Å². The van der Waals surface area contributed by atoms with E-state index in [9.17, 15) is 4.79 Å². The van der Waals surface area contributed by atoms with Crippen molar-refractivity contribution in [2.24, 2.45) is 0 Å². The number of carbonyl (C=O) groups excluding carboxylic acids is 1. The molecule has 1 aromatic heterocycles. The molecule has 1 atom stereocenters. The van der Waals surface area contributed by atoms with Crippen molar-refractivity contribution in [1.82, 2.24) is 9.88 Å². The van der Waals surface area contributed by atoms with Gasteiger partial charge in [0.25, 0.3) is 0 Å². The molecule has 0 aliphatic carbocycles. The summed E-state index contributed by atoms with van der Waals surface area (Å²) < 4.78 is 22.6. The fourth-order valence-electron chi connectivity index (χ4n) is 3.90. The summed E-state index contributed by atoms with van der Waals surface area (Å²) >= 11 is 0. The zero-order valence-corrected chi connectivity index (χ0v) is 21.6. The van der Waals surface area contributed by atoms with Crippen molar-refractivity contribution in [2.75, 3.05) is 20.3 Å². The molecule has 1 unspecified atom stereocenters. The van der Waals surface area contributed by atoms with Gasteiger partial charge in [-0.25, -0.2) is 9.78 Å². The first kappa shape index (κ1) is 25.8. The van der Waals surface area contributed by atoms with Crippen molar-refractivity contribution in [1.29, 1.82) is 0 Å². The molecule has 0 saturated heterocycles. The van der Waals surface area contributed by atoms with Crippen LogP contribution in [0.15, 0.2) is 83.3 Å². The molecule has 0 saturated carbocycles. The summed E-state index contributed by atoms with van der Waals surface area (Å²) in [7, 11) is 1.59. The molecule has 7 nitrogen and oxygen atoms in total. The van der Waals surface area contributed by atoms with Crippen LogP contribution in [-0.2, 0) is 6.54 Å². The SMILES string of the molecule is CCN(Cc1ccc(OCC(C)c2nc(-c3ccccc3)oc2C)cc1)C(=O)Oc1ccc(OC)cc1. The van der Waals surface area contributed by atoms with E-state index in [1.165, 1.54) is 0 Å². The highest BCUT2D eigenvalue weighted by Gasteiger charge is 2.18. The maximum Gasteiger partial charge on any atom is 0.415 e. The van der Waals surface area contributed by atoms with Crippen LogP contribution in [0, 0.1) is 6.92 Å². The lowest BCUT2D eigenvalue weighted by molar-refractivity contribution is 0.152. The van der Waals surface area contributed by atoms with Gasteiger partial charge in [-0.1, -0.05) is 37.3 Å². The Kier molecular flexibility index (Phi) is 8.46. The number of ether oxygens (including phenoxy) is 3. The van der Waals surface area contributed by atoms with Gasteiger partial charge in [0, 0.05) is 24.6 Å². The van der Waals surface area contributed by atoms with Crippen molar-refractivity contribution < 1.29 is 23.4 Å². The molecule has 1 heterocycles. The minimum Gasteiger partial charge on any atom is -0.497 e. The molecular weight excluding hydrogens is 468 g/mol. The molecule has 4 rings (SSSR count). The molecule has 0 radical (unpaired) electrons. The summed E-state index contributed by atoms with van der Waals surface area (Å²) in [5.41, 5.74) is 2.83. The van der Waals surface area contributed by atoms with E-state index in [4.69, 9.17) is 23.6 Å². The fraction of sp³-hybridized carbons (Fsp3) is 0.267. The standard InChI is InChI=1S/C30H32N2O5/c1-5-32(30(33)37-27-17-15-25(34-4)16-18-27)19-23-11-13-26(14-12-23)35-20-21(2)28-22(3)36-29(31-28)24-9-7-6-8-10-24/h6-18,21H,5,19-20H2,1-4H3. The van der Waals surface area contributed by atoms with E-state index in [0.717, 1.165) is 28.3 Å². The molecule has 0 bridgehead atoms. The maximum atomic E-state index is 12.6. The molecule has 1 amide bonds. The molecule has 0 N–H and O–H groups in total. The Morgan fingerprint density at radius 3 is 2.24 bits per heavy atom. The number of hydrogen-bond acceptors (Lipinski definition) is 6. The molecule has 37 heavy (non-hydrogen) atoms. The van der Waals surface area contributed by atoms with E-state index in [0.29, 0.717) is 37.1 Å². The van der Waals surface area contributed by atoms with Gasteiger partial charge < -0.3 is 23.5 Å². The number of carbonyl (C=O) groups is 1. The molecule has 4 aromatic rings. The lowest BCUT2D eigenvalue weighted by Crippen LogP contribution is -2.32. The molecule has 0 aliphatic heterocycles. The topological polar surface area (TPSA) is 74.0 Å². The minimum atomic E-state index is -0.403. The smallest absolute Gasteiger partial charge is 0.415 e. The molecule has 0 fully saturated rings. The van der Waals surface area contributed by atoms with E-state index in [1.807, 2.05) is 68.4 Å². The quantitative estimate of drug-likeness (QED) is 0.237. The van der Waals surface area contributed by atoms with Crippen molar-refractivity contribution in [2.45, 2.75) is 33.2 Å². The summed E-state index contributed by atoms with van der Waals surface area (Å²) in [5.74, 6) is 3.41. The minimum absolute atomic E-state index is 0.0594. The van der Waals surface area contributed by atoms with E-state index in [-0.39, 0.29) is 5.92 Å². The van der Waals surface area contributed by atoms with Gasteiger partial charge in [-0.05, 0) is 67.9 Å². The first-order valence-corrected chi connectivity index (χ1v) is 12.3. The Hall–Kier alpha value is -4.26. The van der Waals surface area contributed by atoms with Crippen LogP contribution in [0.5, 0.6) is 17.2 Å². The number of aryl methyl sites for hydroxylation is 1. The fourth-order valence-corrected chi connectivity index (χ4v) is 3.90.